The lowest BCUT2D eigenvalue weighted by Gasteiger charge is -2.07. The molecule has 0 heteroatoms. The average molecular weight is 393 g/mol. The van der Waals surface area contributed by atoms with E-state index in [4.69, 9.17) is 0 Å². The molecular weight excluding hydrogens is 348 g/mol. The predicted molar refractivity (Wildman–Crippen MR) is 132 cm³/mol. The molecule has 0 unspecified atom stereocenters. The van der Waals surface area contributed by atoms with Gasteiger partial charge in [-0.25, -0.2) is 0 Å². The molecule has 2 rings (SSSR count). The molecule has 0 aliphatic carbocycles. The maximum Gasteiger partial charge on any atom is -0.0152 e. The van der Waals surface area contributed by atoms with E-state index in [0.29, 0.717) is 0 Å². The SMILES string of the molecule is CCCC/C=C/CCCCCCCCCCCCCc1cccc2ccccc12. The molecule has 0 saturated heterocycles. The smallest absolute Gasteiger partial charge is 0.0152 e. The molecule has 0 nitrogen and oxygen atoms in total. The second-order valence-electron chi connectivity index (χ2n) is 8.68. The van der Waals surface area contributed by atoms with Crippen LogP contribution >= 0.6 is 0 Å². The molecule has 0 aromatic heterocycles. The molecule has 0 atom stereocenters. The third kappa shape index (κ3) is 10.7. The molecule has 2 aromatic carbocycles. The summed E-state index contributed by atoms with van der Waals surface area (Å²) in [6.45, 7) is 2.27. The first-order valence-corrected chi connectivity index (χ1v) is 12.5. The highest BCUT2D eigenvalue weighted by molar-refractivity contribution is 5.85. The van der Waals surface area contributed by atoms with E-state index < -0.39 is 0 Å². The van der Waals surface area contributed by atoms with E-state index in [0.717, 1.165) is 0 Å². The summed E-state index contributed by atoms with van der Waals surface area (Å²) in [4.78, 5) is 0. The summed E-state index contributed by atoms with van der Waals surface area (Å²) in [5.74, 6) is 0. The largest absolute Gasteiger partial charge is 0.0885 e. The standard InChI is InChI=1S/C29H44/c1-2-3-4-5-6-7-8-9-10-11-12-13-14-15-16-17-18-22-27-24-21-25-28-23-19-20-26-29(27)28/h5-6,19-21,23-26H,2-4,7-18,22H2,1H3/b6-5+. The van der Waals surface area contributed by atoms with Gasteiger partial charge in [0.1, 0.15) is 0 Å². The van der Waals surface area contributed by atoms with Crippen molar-refractivity contribution in [2.45, 2.75) is 110 Å². The van der Waals surface area contributed by atoms with Gasteiger partial charge < -0.3 is 0 Å². The molecular formula is C29H44. The predicted octanol–water partition coefficient (Wildman–Crippen LogP) is 9.81. The zero-order valence-electron chi connectivity index (χ0n) is 19.0. The third-order valence-corrected chi connectivity index (χ3v) is 6.09. The van der Waals surface area contributed by atoms with E-state index in [2.05, 4.69) is 61.5 Å². The molecule has 0 bridgehead atoms. The first kappa shape index (κ1) is 23.7. The molecule has 0 amide bonds. The molecule has 29 heavy (non-hydrogen) atoms. The summed E-state index contributed by atoms with van der Waals surface area (Å²) in [5.41, 5.74) is 1.53. The van der Waals surface area contributed by atoms with Gasteiger partial charge in [0, 0.05) is 0 Å². The van der Waals surface area contributed by atoms with Crippen molar-refractivity contribution in [3.8, 4) is 0 Å². The van der Waals surface area contributed by atoms with Crippen molar-refractivity contribution in [3.63, 3.8) is 0 Å². The van der Waals surface area contributed by atoms with Crippen LogP contribution in [0.25, 0.3) is 10.8 Å². The maximum atomic E-state index is 2.40. The molecule has 0 aliphatic rings. The summed E-state index contributed by atoms with van der Waals surface area (Å²) in [6.07, 6.45) is 26.8. The van der Waals surface area contributed by atoms with Gasteiger partial charge in [-0.2, -0.15) is 0 Å². The van der Waals surface area contributed by atoms with Gasteiger partial charge >= 0.3 is 0 Å². The van der Waals surface area contributed by atoms with Gasteiger partial charge in [0.2, 0.25) is 0 Å². The fourth-order valence-electron chi connectivity index (χ4n) is 4.24. The monoisotopic (exact) mass is 392 g/mol. The van der Waals surface area contributed by atoms with Gasteiger partial charge in [-0.15, -0.1) is 0 Å². The van der Waals surface area contributed by atoms with Crippen LogP contribution in [0.3, 0.4) is 0 Å². The second-order valence-corrected chi connectivity index (χ2v) is 8.68. The average Bonchev–Trinajstić information content (AvgIpc) is 2.76. The van der Waals surface area contributed by atoms with Crippen molar-refractivity contribution >= 4 is 10.8 Å². The Morgan fingerprint density at radius 2 is 1.10 bits per heavy atom. The fraction of sp³-hybridized carbons (Fsp3) is 0.586. The molecule has 0 aliphatic heterocycles. The zero-order chi connectivity index (χ0) is 20.4. The molecule has 160 valence electrons. The van der Waals surface area contributed by atoms with Gasteiger partial charge in [0.15, 0.2) is 0 Å². The van der Waals surface area contributed by atoms with Crippen molar-refractivity contribution in [3.05, 3.63) is 60.2 Å². The van der Waals surface area contributed by atoms with Crippen LogP contribution in [0.1, 0.15) is 109 Å². The Kier molecular flexibility index (Phi) is 13.3. The number of hydrogen-bond donors (Lipinski definition) is 0. The van der Waals surface area contributed by atoms with Crippen LogP contribution in [0.4, 0.5) is 0 Å². The Hall–Kier alpha value is -1.56. The maximum absolute atomic E-state index is 2.40. The van der Waals surface area contributed by atoms with Crippen LogP contribution < -0.4 is 0 Å². The summed E-state index contributed by atoms with van der Waals surface area (Å²) < 4.78 is 0. The van der Waals surface area contributed by atoms with Gasteiger partial charge in [-0.3, -0.25) is 0 Å². The van der Waals surface area contributed by atoms with E-state index in [-0.39, 0.29) is 0 Å². The van der Waals surface area contributed by atoms with Crippen molar-refractivity contribution in [2.75, 3.05) is 0 Å². The zero-order valence-corrected chi connectivity index (χ0v) is 19.0. The minimum atomic E-state index is 1.23. The minimum Gasteiger partial charge on any atom is -0.0885 e. The number of rotatable bonds is 17. The number of aryl methyl sites for hydroxylation is 1. The van der Waals surface area contributed by atoms with Gasteiger partial charge in [-0.05, 0) is 48.4 Å². The molecule has 0 heterocycles. The number of unbranched alkanes of at least 4 members (excludes halogenated alkanes) is 13. The van der Waals surface area contributed by atoms with Gasteiger partial charge in [0.05, 0.1) is 0 Å². The first-order chi connectivity index (χ1) is 14.4. The number of hydrogen-bond acceptors (Lipinski definition) is 0. The van der Waals surface area contributed by atoms with E-state index in [1.165, 1.54) is 119 Å². The molecule has 0 N–H and O–H groups in total. The van der Waals surface area contributed by atoms with Crippen LogP contribution in [-0.2, 0) is 6.42 Å². The van der Waals surface area contributed by atoms with Crippen LogP contribution in [0, 0.1) is 0 Å². The quantitative estimate of drug-likeness (QED) is 0.185. The molecule has 0 saturated carbocycles. The van der Waals surface area contributed by atoms with Crippen molar-refractivity contribution in [1.29, 1.82) is 0 Å². The number of allylic oxidation sites excluding steroid dienone is 2. The second kappa shape index (κ2) is 16.3. The summed E-state index contributed by atoms with van der Waals surface area (Å²) in [7, 11) is 0. The molecule has 0 spiro atoms. The highest BCUT2D eigenvalue weighted by Gasteiger charge is 2.00. The molecule has 0 fully saturated rings. The minimum absolute atomic E-state index is 1.23. The Labute approximate surface area is 180 Å². The summed E-state index contributed by atoms with van der Waals surface area (Å²) in [5, 5.41) is 2.83. The van der Waals surface area contributed by atoms with E-state index in [9.17, 15) is 0 Å². The highest BCUT2D eigenvalue weighted by atomic mass is 14.1. The normalized spacial score (nSPS) is 11.6. The Morgan fingerprint density at radius 3 is 1.79 bits per heavy atom. The third-order valence-electron chi connectivity index (χ3n) is 6.09. The van der Waals surface area contributed by atoms with E-state index in [1.807, 2.05) is 0 Å². The van der Waals surface area contributed by atoms with E-state index in [1.54, 1.807) is 0 Å². The topological polar surface area (TPSA) is 0 Å². The van der Waals surface area contributed by atoms with Gasteiger partial charge in [0.25, 0.3) is 0 Å². The lowest BCUT2D eigenvalue weighted by molar-refractivity contribution is 0.546. The Balaban J connectivity index is 1.37. The summed E-state index contributed by atoms with van der Waals surface area (Å²) >= 11 is 0. The molecule has 2 aromatic rings. The lowest BCUT2D eigenvalue weighted by atomic mass is 9.99. The first-order valence-electron chi connectivity index (χ1n) is 12.5. The number of benzene rings is 2. The van der Waals surface area contributed by atoms with Crippen LogP contribution in [-0.4, -0.2) is 0 Å². The highest BCUT2D eigenvalue weighted by Crippen LogP contribution is 2.21. The molecule has 0 radical (unpaired) electrons. The van der Waals surface area contributed by atoms with Crippen molar-refractivity contribution < 1.29 is 0 Å². The van der Waals surface area contributed by atoms with E-state index >= 15 is 0 Å². The summed E-state index contributed by atoms with van der Waals surface area (Å²) in [6, 6.07) is 15.5. The van der Waals surface area contributed by atoms with Crippen molar-refractivity contribution in [2.24, 2.45) is 0 Å². The fourth-order valence-corrected chi connectivity index (χ4v) is 4.24. The number of fused-ring (bicyclic) bond motifs is 1. The van der Waals surface area contributed by atoms with Gasteiger partial charge in [-0.1, -0.05) is 132 Å². The van der Waals surface area contributed by atoms with Crippen LogP contribution in [0.15, 0.2) is 54.6 Å². The van der Waals surface area contributed by atoms with Crippen molar-refractivity contribution in [1.82, 2.24) is 0 Å². The Morgan fingerprint density at radius 1 is 0.552 bits per heavy atom. The van der Waals surface area contributed by atoms with Crippen LogP contribution in [0.2, 0.25) is 0 Å². The Bertz CT molecular complexity index is 661. The lowest BCUT2D eigenvalue weighted by Crippen LogP contribution is -1.88. The van der Waals surface area contributed by atoms with Crippen LogP contribution in [0.5, 0.6) is 0 Å².